The molecular formula is C17H24N8. The fourth-order valence-corrected chi connectivity index (χ4v) is 3.05. The zero-order chi connectivity index (χ0) is 17.5. The number of nitriles is 1. The molecule has 132 valence electrons. The molecule has 2 aromatic rings. The summed E-state index contributed by atoms with van der Waals surface area (Å²) in [5, 5.41) is 24.3. The summed E-state index contributed by atoms with van der Waals surface area (Å²) in [7, 11) is 0. The van der Waals surface area contributed by atoms with Crippen molar-refractivity contribution >= 4 is 5.82 Å². The van der Waals surface area contributed by atoms with Crippen molar-refractivity contribution in [2.24, 2.45) is 5.92 Å². The SMILES string of the molecule is CCCCn1nnnc1CN1CC[C@@H](CNc2ccc(C#N)cn2)C1. The predicted molar refractivity (Wildman–Crippen MR) is 93.6 cm³/mol. The first-order chi connectivity index (χ1) is 12.3. The van der Waals surface area contributed by atoms with Gasteiger partial charge in [-0.25, -0.2) is 9.67 Å². The molecule has 1 aliphatic heterocycles. The second-order valence-corrected chi connectivity index (χ2v) is 6.49. The van der Waals surface area contributed by atoms with E-state index in [1.54, 1.807) is 12.3 Å². The number of tetrazole rings is 1. The number of anilines is 1. The molecule has 0 spiro atoms. The number of aromatic nitrogens is 5. The number of hydrogen-bond acceptors (Lipinski definition) is 7. The quantitative estimate of drug-likeness (QED) is 0.781. The van der Waals surface area contributed by atoms with Crippen molar-refractivity contribution in [3.63, 3.8) is 0 Å². The average Bonchev–Trinajstić information content (AvgIpc) is 3.28. The lowest BCUT2D eigenvalue weighted by Crippen LogP contribution is -2.24. The van der Waals surface area contributed by atoms with Crippen LogP contribution in [0.15, 0.2) is 18.3 Å². The molecule has 1 fully saturated rings. The fraction of sp³-hybridized carbons (Fsp3) is 0.588. The Bertz CT molecular complexity index is 702. The van der Waals surface area contributed by atoms with Crippen molar-refractivity contribution in [2.75, 3.05) is 25.0 Å². The van der Waals surface area contributed by atoms with Crippen LogP contribution in [-0.2, 0) is 13.1 Å². The summed E-state index contributed by atoms with van der Waals surface area (Å²) in [5.41, 5.74) is 0.582. The number of aryl methyl sites for hydroxylation is 1. The molecule has 3 heterocycles. The molecule has 2 aromatic heterocycles. The highest BCUT2D eigenvalue weighted by Gasteiger charge is 2.24. The van der Waals surface area contributed by atoms with Crippen molar-refractivity contribution < 1.29 is 0 Å². The van der Waals surface area contributed by atoms with Crippen molar-refractivity contribution in [1.29, 1.82) is 5.26 Å². The highest BCUT2D eigenvalue weighted by Crippen LogP contribution is 2.18. The van der Waals surface area contributed by atoms with E-state index in [1.807, 2.05) is 10.7 Å². The molecule has 3 rings (SSSR count). The number of rotatable bonds is 8. The zero-order valence-electron chi connectivity index (χ0n) is 14.6. The number of nitrogens with one attached hydrogen (secondary N) is 1. The number of likely N-dealkylation sites (tertiary alicyclic amines) is 1. The Balaban J connectivity index is 1.45. The third kappa shape index (κ3) is 4.73. The number of pyridine rings is 1. The lowest BCUT2D eigenvalue weighted by atomic mass is 10.1. The Labute approximate surface area is 147 Å². The summed E-state index contributed by atoms with van der Waals surface area (Å²) in [5.74, 6) is 2.36. The molecule has 1 aliphatic rings. The average molecular weight is 340 g/mol. The van der Waals surface area contributed by atoms with Crippen LogP contribution in [0.3, 0.4) is 0 Å². The van der Waals surface area contributed by atoms with Crippen LogP contribution in [0.25, 0.3) is 0 Å². The minimum atomic E-state index is 0.581. The summed E-state index contributed by atoms with van der Waals surface area (Å²) in [6.07, 6.45) is 4.99. The van der Waals surface area contributed by atoms with Gasteiger partial charge in [0.2, 0.25) is 0 Å². The van der Waals surface area contributed by atoms with Crippen LogP contribution in [0, 0.1) is 17.2 Å². The Morgan fingerprint density at radius 1 is 1.40 bits per heavy atom. The first kappa shape index (κ1) is 17.3. The molecule has 1 saturated heterocycles. The van der Waals surface area contributed by atoms with Gasteiger partial charge in [-0.05, 0) is 47.9 Å². The van der Waals surface area contributed by atoms with Crippen molar-refractivity contribution in [1.82, 2.24) is 30.1 Å². The Morgan fingerprint density at radius 3 is 3.08 bits per heavy atom. The molecule has 0 bridgehead atoms. The van der Waals surface area contributed by atoms with E-state index in [0.29, 0.717) is 11.5 Å². The summed E-state index contributed by atoms with van der Waals surface area (Å²) >= 11 is 0. The molecule has 1 N–H and O–H groups in total. The third-order valence-corrected chi connectivity index (χ3v) is 4.53. The van der Waals surface area contributed by atoms with Crippen molar-refractivity contribution in [3.05, 3.63) is 29.7 Å². The summed E-state index contributed by atoms with van der Waals surface area (Å²) < 4.78 is 1.93. The lowest BCUT2D eigenvalue weighted by Gasteiger charge is -2.16. The van der Waals surface area contributed by atoms with Gasteiger partial charge in [0.25, 0.3) is 0 Å². The molecule has 0 amide bonds. The van der Waals surface area contributed by atoms with Gasteiger partial charge in [-0.2, -0.15) is 5.26 Å². The Hall–Kier alpha value is -2.53. The van der Waals surface area contributed by atoms with E-state index in [9.17, 15) is 0 Å². The van der Waals surface area contributed by atoms with E-state index in [-0.39, 0.29) is 0 Å². The van der Waals surface area contributed by atoms with E-state index < -0.39 is 0 Å². The molecule has 8 nitrogen and oxygen atoms in total. The van der Waals surface area contributed by atoms with Gasteiger partial charge in [0, 0.05) is 25.8 Å². The van der Waals surface area contributed by atoms with Crippen LogP contribution in [-0.4, -0.2) is 49.7 Å². The standard InChI is InChI=1S/C17H24N8/c1-2-3-7-25-17(21-22-23-25)13-24-8-6-15(12-24)11-20-16-5-4-14(9-18)10-19-16/h4-5,10,15H,2-3,6-8,11-13H2,1H3,(H,19,20)/t15-/m0/s1. The topological polar surface area (TPSA) is 95.5 Å². The molecule has 25 heavy (non-hydrogen) atoms. The minimum Gasteiger partial charge on any atom is -0.370 e. The number of unbranched alkanes of at least 4 members (excludes halogenated alkanes) is 1. The van der Waals surface area contributed by atoms with Crippen LogP contribution in [0.1, 0.15) is 37.6 Å². The van der Waals surface area contributed by atoms with Gasteiger partial charge >= 0.3 is 0 Å². The van der Waals surface area contributed by atoms with Gasteiger partial charge in [-0.1, -0.05) is 13.3 Å². The minimum absolute atomic E-state index is 0.581. The van der Waals surface area contributed by atoms with E-state index in [1.165, 1.54) is 0 Å². The highest BCUT2D eigenvalue weighted by atomic mass is 15.5. The lowest BCUT2D eigenvalue weighted by molar-refractivity contribution is 0.301. The summed E-state index contributed by atoms with van der Waals surface area (Å²) in [6.45, 7) is 6.85. The fourth-order valence-electron chi connectivity index (χ4n) is 3.05. The van der Waals surface area contributed by atoms with E-state index >= 15 is 0 Å². The van der Waals surface area contributed by atoms with E-state index in [0.717, 1.165) is 63.6 Å². The Morgan fingerprint density at radius 2 is 2.32 bits per heavy atom. The summed E-state index contributed by atoms with van der Waals surface area (Å²) in [6, 6.07) is 5.72. The van der Waals surface area contributed by atoms with Crippen molar-refractivity contribution in [3.8, 4) is 6.07 Å². The molecule has 0 aliphatic carbocycles. The van der Waals surface area contributed by atoms with E-state index in [2.05, 4.69) is 43.7 Å². The van der Waals surface area contributed by atoms with Gasteiger partial charge < -0.3 is 5.32 Å². The van der Waals surface area contributed by atoms with Gasteiger partial charge in [-0.3, -0.25) is 4.90 Å². The Kier molecular flexibility index (Phi) is 5.90. The van der Waals surface area contributed by atoms with Gasteiger partial charge in [0.15, 0.2) is 5.82 Å². The zero-order valence-corrected chi connectivity index (χ0v) is 14.6. The van der Waals surface area contributed by atoms with Crippen LogP contribution in [0.2, 0.25) is 0 Å². The number of nitrogens with zero attached hydrogens (tertiary/aromatic N) is 7. The molecule has 0 unspecified atom stereocenters. The molecule has 1 atom stereocenters. The largest absolute Gasteiger partial charge is 0.370 e. The second kappa shape index (κ2) is 8.53. The van der Waals surface area contributed by atoms with Crippen molar-refractivity contribution in [2.45, 2.75) is 39.3 Å². The molecule has 0 aromatic carbocycles. The first-order valence-electron chi connectivity index (χ1n) is 8.86. The smallest absolute Gasteiger partial charge is 0.165 e. The molecule has 8 heteroatoms. The monoisotopic (exact) mass is 340 g/mol. The van der Waals surface area contributed by atoms with Crippen LogP contribution >= 0.6 is 0 Å². The first-order valence-corrected chi connectivity index (χ1v) is 8.86. The second-order valence-electron chi connectivity index (χ2n) is 6.49. The number of hydrogen-bond donors (Lipinski definition) is 1. The normalized spacial score (nSPS) is 17.5. The molecule has 0 radical (unpaired) electrons. The molecule has 0 saturated carbocycles. The maximum absolute atomic E-state index is 8.80. The van der Waals surface area contributed by atoms with Gasteiger partial charge in [0.05, 0.1) is 12.1 Å². The van der Waals surface area contributed by atoms with Crippen LogP contribution in [0.5, 0.6) is 0 Å². The predicted octanol–water partition coefficient (Wildman–Crippen LogP) is 1.67. The summed E-state index contributed by atoms with van der Waals surface area (Å²) in [4.78, 5) is 6.66. The molecular weight excluding hydrogens is 316 g/mol. The third-order valence-electron chi connectivity index (χ3n) is 4.53. The maximum atomic E-state index is 8.80. The van der Waals surface area contributed by atoms with Gasteiger partial charge in [0.1, 0.15) is 11.9 Å². The van der Waals surface area contributed by atoms with Crippen LogP contribution < -0.4 is 5.32 Å². The van der Waals surface area contributed by atoms with Gasteiger partial charge in [-0.15, -0.1) is 5.10 Å². The maximum Gasteiger partial charge on any atom is 0.165 e. The van der Waals surface area contributed by atoms with E-state index in [4.69, 9.17) is 5.26 Å². The van der Waals surface area contributed by atoms with Crippen LogP contribution in [0.4, 0.5) is 5.82 Å². The highest BCUT2D eigenvalue weighted by molar-refractivity contribution is 5.38.